The van der Waals surface area contributed by atoms with E-state index in [0.29, 0.717) is 6.42 Å². The van der Waals surface area contributed by atoms with E-state index in [1.807, 2.05) is 6.92 Å². The van der Waals surface area contributed by atoms with Crippen molar-refractivity contribution >= 4 is 11.7 Å². The highest BCUT2D eigenvalue weighted by atomic mass is 16.3. The molecule has 0 aliphatic rings. The number of rotatable bonds is 5. The van der Waals surface area contributed by atoms with Crippen molar-refractivity contribution in [3.8, 4) is 0 Å². The monoisotopic (exact) mass is 215 g/mol. The Morgan fingerprint density at radius 3 is 2.27 bits per heavy atom. The second-order valence-electron chi connectivity index (χ2n) is 4.72. The molecule has 0 heterocycles. The van der Waals surface area contributed by atoms with E-state index in [9.17, 15) is 14.7 Å². The first-order valence-corrected chi connectivity index (χ1v) is 5.25. The van der Waals surface area contributed by atoms with Crippen molar-refractivity contribution in [3.05, 3.63) is 0 Å². The molecule has 0 bridgehead atoms. The molecule has 0 aromatic carbocycles. The summed E-state index contributed by atoms with van der Waals surface area (Å²) in [6.07, 6.45) is -0.0494. The number of carbonyl (C=O) groups is 2. The maximum Gasteiger partial charge on any atom is 0.227 e. The van der Waals surface area contributed by atoms with Gasteiger partial charge in [-0.3, -0.25) is 9.59 Å². The first-order chi connectivity index (χ1) is 6.77. The van der Waals surface area contributed by atoms with Crippen LogP contribution in [0, 0.1) is 5.41 Å². The number of ketones is 1. The van der Waals surface area contributed by atoms with Crippen LogP contribution < -0.4 is 5.32 Å². The van der Waals surface area contributed by atoms with Crippen molar-refractivity contribution in [1.82, 2.24) is 5.32 Å². The van der Waals surface area contributed by atoms with E-state index in [1.54, 1.807) is 20.8 Å². The number of aliphatic hydroxyl groups excluding tert-OH is 1. The van der Waals surface area contributed by atoms with Gasteiger partial charge in [0.25, 0.3) is 0 Å². The topological polar surface area (TPSA) is 66.4 Å². The fourth-order valence-corrected chi connectivity index (χ4v) is 0.849. The average molecular weight is 215 g/mol. The van der Waals surface area contributed by atoms with Gasteiger partial charge in [-0.15, -0.1) is 0 Å². The van der Waals surface area contributed by atoms with E-state index in [0.717, 1.165) is 0 Å². The van der Waals surface area contributed by atoms with Gasteiger partial charge in [-0.1, -0.05) is 27.7 Å². The molecular weight excluding hydrogens is 194 g/mol. The largest absolute Gasteiger partial charge is 0.391 e. The summed E-state index contributed by atoms with van der Waals surface area (Å²) in [5.41, 5.74) is -0.485. The van der Waals surface area contributed by atoms with Gasteiger partial charge in [-0.25, -0.2) is 0 Å². The van der Waals surface area contributed by atoms with Crippen molar-refractivity contribution in [2.75, 3.05) is 6.54 Å². The molecule has 0 aromatic heterocycles. The Morgan fingerprint density at radius 1 is 1.33 bits per heavy atom. The average Bonchev–Trinajstić information content (AvgIpc) is 2.12. The van der Waals surface area contributed by atoms with Gasteiger partial charge in [-0.2, -0.15) is 0 Å². The highest BCUT2D eigenvalue weighted by Gasteiger charge is 2.23. The van der Waals surface area contributed by atoms with Gasteiger partial charge in [-0.05, 0) is 6.42 Å². The summed E-state index contributed by atoms with van der Waals surface area (Å²) in [6.45, 7) is 7.39. The summed E-state index contributed by atoms with van der Waals surface area (Å²) < 4.78 is 0. The molecule has 0 aliphatic carbocycles. The van der Waals surface area contributed by atoms with Gasteiger partial charge in [0.1, 0.15) is 5.78 Å². The standard InChI is InChI=1S/C11H21NO3/c1-5-8(13)7-12-10(15)6-9(14)11(2,3)4/h8,13H,5-7H2,1-4H3,(H,12,15). The summed E-state index contributed by atoms with van der Waals surface area (Å²) >= 11 is 0. The number of hydrogen-bond acceptors (Lipinski definition) is 3. The number of hydrogen-bond donors (Lipinski definition) is 2. The second kappa shape index (κ2) is 5.85. The smallest absolute Gasteiger partial charge is 0.227 e. The Morgan fingerprint density at radius 2 is 1.87 bits per heavy atom. The minimum Gasteiger partial charge on any atom is -0.391 e. The highest BCUT2D eigenvalue weighted by molar-refractivity contribution is 6.00. The molecule has 2 N–H and O–H groups in total. The van der Waals surface area contributed by atoms with Gasteiger partial charge in [0, 0.05) is 12.0 Å². The molecule has 15 heavy (non-hydrogen) atoms. The van der Waals surface area contributed by atoms with Crippen LogP contribution in [0.1, 0.15) is 40.5 Å². The van der Waals surface area contributed by atoms with Crippen LogP contribution in [0.15, 0.2) is 0 Å². The van der Waals surface area contributed by atoms with Crippen LogP contribution in [0.4, 0.5) is 0 Å². The van der Waals surface area contributed by atoms with E-state index < -0.39 is 11.5 Å². The molecule has 0 radical (unpaired) electrons. The molecule has 88 valence electrons. The summed E-state index contributed by atoms with van der Waals surface area (Å²) in [4.78, 5) is 22.7. The molecule has 1 atom stereocenters. The van der Waals surface area contributed by atoms with Crippen LogP contribution in [-0.2, 0) is 9.59 Å². The van der Waals surface area contributed by atoms with Crippen molar-refractivity contribution in [2.45, 2.75) is 46.6 Å². The molecule has 0 aliphatic heterocycles. The number of carbonyl (C=O) groups excluding carboxylic acids is 2. The number of aliphatic hydroxyl groups is 1. The second-order valence-corrected chi connectivity index (χ2v) is 4.72. The lowest BCUT2D eigenvalue weighted by Gasteiger charge is -2.16. The molecular formula is C11H21NO3. The highest BCUT2D eigenvalue weighted by Crippen LogP contribution is 2.16. The van der Waals surface area contributed by atoms with Gasteiger partial charge in [0.15, 0.2) is 0 Å². The van der Waals surface area contributed by atoms with E-state index in [-0.39, 0.29) is 24.7 Å². The predicted octanol–water partition coefficient (Wildman–Crippen LogP) is 0.879. The first-order valence-electron chi connectivity index (χ1n) is 5.25. The SMILES string of the molecule is CCC(O)CNC(=O)CC(=O)C(C)(C)C. The zero-order chi connectivity index (χ0) is 12.1. The van der Waals surface area contributed by atoms with Crippen LogP contribution in [0.3, 0.4) is 0 Å². The normalized spacial score (nSPS) is 13.4. The zero-order valence-corrected chi connectivity index (χ0v) is 9.96. The maximum absolute atomic E-state index is 11.5. The maximum atomic E-state index is 11.5. The summed E-state index contributed by atoms with van der Waals surface area (Å²) in [7, 11) is 0. The van der Waals surface area contributed by atoms with Crippen molar-refractivity contribution in [3.63, 3.8) is 0 Å². The molecule has 4 nitrogen and oxygen atoms in total. The Hall–Kier alpha value is -0.900. The lowest BCUT2D eigenvalue weighted by molar-refractivity contribution is -0.132. The third-order valence-corrected chi connectivity index (χ3v) is 2.16. The molecule has 4 heteroatoms. The molecule has 0 saturated heterocycles. The zero-order valence-electron chi connectivity index (χ0n) is 9.96. The van der Waals surface area contributed by atoms with Crippen LogP contribution in [0.5, 0.6) is 0 Å². The first kappa shape index (κ1) is 14.1. The van der Waals surface area contributed by atoms with Gasteiger partial charge in [0.05, 0.1) is 12.5 Å². The van der Waals surface area contributed by atoms with E-state index in [4.69, 9.17) is 0 Å². The fourth-order valence-electron chi connectivity index (χ4n) is 0.849. The Kier molecular flexibility index (Phi) is 5.50. The summed E-state index contributed by atoms with van der Waals surface area (Å²) in [5.74, 6) is -0.409. The molecule has 0 spiro atoms. The molecule has 0 fully saturated rings. The lowest BCUT2D eigenvalue weighted by atomic mass is 9.89. The Bertz CT molecular complexity index is 230. The third kappa shape index (κ3) is 6.23. The van der Waals surface area contributed by atoms with Gasteiger partial charge >= 0.3 is 0 Å². The fraction of sp³-hybridized carbons (Fsp3) is 0.818. The molecule has 0 saturated carbocycles. The molecule has 0 aromatic rings. The molecule has 1 amide bonds. The number of Topliss-reactive ketones (excluding diaryl/α,β-unsaturated/α-hetero) is 1. The van der Waals surface area contributed by atoms with E-state index in [2.05, 4.69) is 5.32 Å². The van der Waals surface area contributed by atoms with Crippen LogP contribution in [0.2, 0.25) is 0 Å². The van der Waals surface area contributed by atoms with Gasteiger partial charge < -0.3 is 10.4 Å². The van der Waals surface area contributed by atoms with Crippen molar-refractivity contribution < 1.29 is 14.7 Å². The van der Waals surface area contributed by atoms with E-state index >= 15 is 0 Å². The molecule has 0 rings (SSSR count). The number of nitrogens with one attached hydrogen (secondary N) is 1. The minimum atomic E-state index is -0.529. The summed E-state index contributed by atoms with van der Waals surface area (Å²) in [5, 5.41) is 11.7. The van der Waals surface area contributed by atoms with Crippen LogP contribution in [-0.4, -0.2) is 29.4 Å². The minimum absolute atomic E-state index is 0.0917. The molecule has 1 unspecified atom stereocenters. The van der Waals surface area contributed by atoms with Gasteiger partial charge in [0.2, 0.25) is 5.91 Å². The van der Waals surface area contributed by atoms with Crippen molar-refractivity contribution in [2.24, 2.45) is 5.41 Å². The van der Waals surface area contributed by atoms with Crippen LogP contribution in [0.25, 0.3) is 0 Å². The third-order valence-electron chi connectivity index (χ3n) is 2.16. The predicted molar refractivity (Wildman–Crippen MR) is 58.4 cm³/mol. The lowest BCUT2D eigenvalue weighted by Crippen LogP contribution is -2.35. The summed E-state index contributed by atoms with van der Waals surface area (Å²) in [6, 6.07) is 0. The van der Waals surface area contributed by atoms with E-state index in [1.165, 1.54) is 0 Å². The number of amides is 1. The van der Waals surface area contributed by atoms with Crippen LogP contribution >= 0.6 is 0 Å². The Labute approximate surface area is 91.1 Å². The van der Waals surface area contributed by atoms with Crippen molar-refractivity contribution in [1.29, 1.82) is 0 Å². The Balaban J connectivity index is 3.90. The quantitative estimate of drug-likeness (QED) is 0.669.